The predicted octanol–water partition coefficient (Wildman–Crippen LogP) is 7.27. The molecule has 0 bridgehead atoms. The zero-order valence-corrected chi connectivity index (χ0v) is 15.9. The number of hydrogen-bond donors (Lipinski definition) is 0. The maximum atomic E-state index is 5.76. The van der Waals surface area contributed by atoms with Crippen molar-refractivity contribution in [3.05, 3.63) is 53.4 Å². The molecule has 1 heterocycles. The van der Waals surface area contributed by atoms with Gasteiger partial charge in [-0.2, -0.15) is 0 Å². The zero-order chi connectivity index (χ0) is 17.0. The number of aryl methyl sites for hydroxylation is 1. The van der Waals surface area contributed by atoms with Gasteiger partial charge in [-0.25, -0.2) is 0 Å². The summed E-state index contributed by atoms with van der Waals surface area (Å²) >= 11 is 1.92. The fourth-order valence-corrected chi connectivity index (χ4v) is 3.64. The monoisotopic (exact) mass is 342 g/mol. The molecule has 2 rings (SSSR count). The van der Waals surface area contributed by atoms with Gasteiger partial charge < -0.3 is 4.74 Å². The Bertz CT molecular complexity index is 595. The maximum absolute atomic E-state index is 5.76. The van der Waals surface area contributed by atoms with E-state index >= 15 is 0 Å². The second-order valence-corrected chi connectivity index (χ2v) is 7.34. The Morgan fingerprint density at radius 3 is 2.42 bits per heavy atom. The zero-order valence-electron chi connectivity index (χ0n) is 15.1. The lowest BCUT2D eigenvalue weighted by molar-refractivity contribution is 0.362. The van der Waals surface area contributed by atoms with Gasteiger partial charge in [-0.1, -0.05) is 51.7 Å². The van der Waals surface area contributed by atoms with Crippen LogP contribution >= 0.6 is 11.3 Å². The molecule has 0 aliphatic heterocycles. The van der Waals surface area contributed by atoms with Crippen LogP contribution in [0.25, 0.3) is 10.4 Å². The van der Waals surface area contributed by atoms with Crippen LogP contribution in [0.4, 0.5) is 0 Å². The van der Waals surface area contributed by atoms with Gasteiger partial charge in [0.25, 0.3) is 0 Å². The van der Waals surface area contributed by atoms with Crippen LogP contribution in [-0.2, 0) is 6.42 Å². The van der Waals surface area contributed by atoms with Gasteiger partial charge in [0.15, 0.2) is 0 Å². The summed E-state index contributed by atoms with van der Waals surface area (Å²) < 4.78 is 5.76. The fourth-order valence-electron chi connectivity index (χ4n) is 2.58. The Morgan fingerprint density at radius 1 is 0.875 bits per heavy atom. The van der Waals surface area contributed by atoms with Gasteiger partial charge in [0, 0.05) is 9.75 Å². The molecule has 24 heavy (non-hydrogen) atoms. The Labute approximate surface area is 151 Å². The van der Waals surface area contributed by atoms with E-state index in [1.165, 1.54) is 53.8 Å². The first kappa shape index (κ1) is 18.8. The number of ether oxygens (including phenoxy) is 1. The van der Waals surface area contributed by atoms with Crippen LogP contribution in [0.5, 0.6) is 5.75 Å². The molecule has 0 fully saturated rings. The molecule has 0 saturated heterocycles. The van der Waals surface area contributed by atoms with Crippen molar-refractivity contribution in [1.29, 1.82) is 0 Å². The highest BCUT2D eigenvalue weighted by Gasteiger charge is 2.03. The van der Waals surface area contributed by atoms with Crippen LogP contribution in [0.3, 0.4) is 0 Å². The third-order valence-electron chi connectivity index (χ3n) is 4.06. The van der Waals surface area contributed by atoms with E-state index in [0.29, 0.717) is 6.61 Å². The average molecular weight is 343 g/mol. The molecule has 0 aliphatic rings. The molecule has 2 heteroatoms. The standard InChI is InChI=1S/C22H30OS/c1-3-5-7-8-10-18-23-20-14-12-19(13-15-20)22-17-16-21(24-22)11-9-6-4-2/h8,10,12-17H,3-7,9,11,18H2,1-2H3/b10-8+. The molecular formula is C22H30OS. The number of allylic oxidation sites excluding steroid dienone is 1. The van der Waals surface area contributed by atoms with Gasteiger partial charge in [0.1, 0.15) is 12.4 Å². The van der Waals surface area contributed by atoms with Crippen molar-refractivity contribution in [2.45, 2.75) is 58.8 Å². The molecule has 0 spiro atoms. The number of hydrogen-bond acceptors (Lipinski definition) is 2. The van der Waals surface area contributed by atoms with Crippen LogP contribution < -0.4 is 4.74 Å². The average Bonchev–Trinajstić information content (AvgIpc) is 3.08. The molecule has 1 aromatic heterocycles. The normalized spacial score (nSPS) is 11.2. The van der Waals surface area contributed by atoms with Crippen LogP contribution in [0.1, 0.15) is 57.2 Å². The first-order valence-corrected chi connectivity index (χ1v) is 10.1. The minimum absolute atomic E-state index is 0.656. The second-order valence-electron chi connectivity index (χ2n) is 6.17. The van der Waals surface area contributed by atoms with E-state index in [1.807, 2.05) is 11.3 Å². The summed E-state index contributed by atoms with van der Waals surface area (Å²) in [6.45, 7) is 5.13. The van der Waals surface area contributed by atoms with E-state index in [-0.39, 0.29) is 0 Å². The molecule has 0 aliphatic carbocycles. The van der Waals surface area contributed by atoms with Crippen molar-refractivity contribution in [2.24, 2.45) is 0 Å². The largest absolute Gasteiger partial charge is 0.490 e. The van der Waals surface area contributed by atoms with Gasteiger partial charge in [-0.15, -0.1) is 11.3 Å². The number of unbranched alkanes of at least 4 members (excludes halogenated alkanes) is 4. The summed E-state index contributed by atoms with van der Waals surface area (Å²) in [5.41, 5.74) is 1.28. The van der Waals surface area contributed by atoms with Crippen LogP contribution in [0, 0.1) is 0 Å². The number of thiophene rings is 1. The molecule has 0 radical (unpaired) electrons. The van der Waals surface area contributed by atoms with E-state index in [9.17, 15) is 0 Å². The van der Waals surface area contributed by atoms with Crippen LogP contribution in [-0.4, -0.2) is 6.61 Å². The Morgan fingerprint density at radius 2 is 1.67 bits per heavy atom. The first-order chi connectivity index (χ1) is 11.8. The number of benzene rings is 1. The molecule has 0 unspecified atom stereocenters. The minimum atomic E-state index is 0.656. The highest BCUT2D eigenvalue weighted by molar-refractivity contribution is 7.15. The SMILES string of the molecule is CCCC/C=C/COc1ccc(-c2ccc(CCCCC)s2)cc1. The molecule has 130 valence electrons. The van der Waals surface area contributed by atoms with Gasteiger partial charge in [0.05, 0.1) is 0 Å². The molecular weight excluding hydrogens is 312 g/mol. The van der Waals surface area contributed by atoms with Crippen LogP contribution in [0.2, 0.25) is 0 Å². The second kappa shape index (κ2) is 11.1. The van der Waals surface area contributed by atoms with Crippen molar-refractivity contribution in [3.63, 3.8) is 0 Å². The van der Waals surface area contributed by atoms with Crippen molar-refractivity contribution < 1.29 is 4.74 Å². The lowest BCUT2D eigenvalue weighted by Crippen LogP contribution is -1.92. The summed E-state index contributed by atoms with van der Waals surface area (Å²) in [6.07, 6.45) is 13.1. The molecule has 0 amide bonds. The summed E-state index contributed by atoms with van der Waals surface area (Å²) in [7, 11) is 0. The smallest absolute Gasteiger partial charge is 0.119 e. The Kier molecular flexibility index (Phi) is 8.69. The molecule has 1 aromatic carbocycles. The Balaban J connectivity index is 1.82. The molecule has 0 saturated carbocycles. The van der Waals surface area contributed by atoms with Gasteiger partial charge in [0.2, 0.25) is 0 Å². The lowest BCUT2D eigenvalue weighted by Gasteiger charge is -2.04. The number of rotatable bonds is 11. The topological polar surface area (TPSA) is 9.23 Å². The quantitative estimate of drug-likeness (QED) is 0.308. The van der Waals surface area contributed by atoms with Gasteiger partial charge in [-0.05, 0) is 61.2 Å². The minimum Gasteiger partial charge on any atom is -0.490 e. The van der Waals surface area contributed by atoms with E-state index in [0.717, 1.165) is 12.2 Å². The summed E-state index contributed by atoms with van der Waals surface area (Å²) in [5, 5.41) is 0. The van der Waals surface area contributed by atoms with E-state index in [1.54, 1.807) is 0 Å². The molecule has 0 atom stereocenters. The van der Waals surface area contributed by atoms with Gasteiger partial charge in [-0.3, -0.25) is 0 Å². The third kappa shape index (κ3) is 6.52. The van der Waals surface area contributed by atoms with Crippen LogP contribution in [0.15, 0.2) is 48.6 Å². The van der Waals surface area contributed by atoms with E-state index in [2.05, 4.69) is 62.4 Å². The van der Waals surface area contributed by atoms with Gasteiger partial charge >= 0.3 is 0 Å². The summed E-state index contributed by atoms with van der Waals surface area (Å²) in [4.78, 5) is 2.85. The fraction of sp³-hybridized carbons (Fsp3) is 0.455. The highest BCUT2D eigenvalue weighted by Crippen LogP contribution is 2.30. The van der Waals surface area contributed by atoms with E-state index < -0.39 is 0 Å². The molecule has 0 N–H and O–H groups in total. The van der Waals surface area contributed by atoms with Crippen molar-refractivity contribution in [1.82, 2.24) is 0 Å². The van der Waals surface area contributed by atoms with Crippen molar-refractivity contribution >= 4 is 11.3 Å². The van der Waals surface area contributed by atoms with E-state index in [4.69, 9.17) is 4.74 Å². The van der Waals surface area contributed by atoms with Crippen molar-refractivity contribution in [2.75, 3.05) is 6.61 Å². The van der Waals surface area contributed by atoms with Crippen molar-refractivity contribution in [3.8, 4) is 16.2 Å². The molecule has 1 nitrogen and oxygen atoms in total. The molecule has 2 aromatic rings. The predicted molar refractivity (Wildman–Crippen MR) is 107 cm³/mol. The highest BCUT2D eigenvalue weighted by atomic mass is 32.1. The third-order valence-corrected chi connectivity index (χ3v) is 5.26. The maximum Gasteiger partial charge on any atom is 0.119 e. The summed E-state index contributed by atoms with van der Waals surface area (Å²) in [5.74, 6) is 0.943. The Hall–Kier alpha value is -1.54. The lowest BCUT2D eigenvalue weighted by atomic mass is 10.1. The summed E-state index contributed by atoms with van der Waals surface area (Å²) in [6, 6.07) is 13.0. The first-order valence-electron chi connectivity index (χ1n) is 9.30.